The normalized spacial score (nSPS) is 23.8. The Morgan fingerprint density at radius 3 is 3.05 bits per heavy atom. The van der Waals surface area contributed by atoms with Crippen LogP contribution in [0.3, 0.4) is 0 Å². The Balaban J connectivity index is 1.70. The summed E-state index contributed by atoms with van der Waals surface area (Å²) in [5.74, 6) is 2.50. The van der Waals surface area contributed by atoms with E-state index >= 15 is 0 Å². The van der Waals surface area contributed by atoms with E-state index in [-0.39, 0.29) is 0 Å². The van der Waals surface area contributed by atoms with Crippen LogP contribution in [0.5, 0.6) is 11.5 Å². The first kappa shape index (κ1) is 13.7. The van der Waals surface area contributed by atoms with E-state index in [1.165, 1.54) is 24.9 Å². The molecule has 4 heteroatoms. The minimum absolute atomic E-state index is 0.343. The SMILES string of the molecule is CC(c1ccc2c(c1)OCO2)N1CCCC(CCN)C1. The van der Waals surface area contributed by atoms with Crippen LogP contribution in [0.1, 0.15) is 37.8 Å². The number of hydrogen-bond donors (Lipinski definition) is 1. The molecule has 0 spiro atoms. The average molecular weight is 276 g/mol. The van der Waals surface area contributed by atoms with Gasteiger partial charge in [-0.15, -0.1) is 0 Å². The fourth-order valence-electron chi connectivity index (χ4n) is 3.30. The molecule has 0 saturated carbocycles. The van der Waals surface area contributed by atoms with E-state index in [1.54, 1.807) is 0 Å². The molecule has 0 aromatic heterocycles. The highest BCUT2D eigenvalue weighted by Crippen LogP contribution is 2.36. The first-order chi connectivity index (χ1) is 9.78. The van der Waals surface area contributed by atoms with E-state index in [0.29, 0.717) is 12.8 Å². The second-order valence-electron chi connectivity index (χ2n) is 5.87. The molecule has 4 nitrogen and oxygen atoms in total. The van der Waals surface area contributed by atoms with Crippen LogP contribution in [0.15, 0.2) is 18.2 Å². The zero-order valence-corrected chi connectivity index (χ0v) is 12.2. The van der Waals surface area contributed by atoms with Crippen molar-refractivity contribution in [3.05, 3.63) is 23.8 Å². The minimum Gasteiger partial charge on any atom is -0.454 e. The predicted molar refractivity (Wildman–Crippen MR) is 78.9 cm³/mol. The summed E-state index contributed by atoms with van der Waals surface area (Å²) in [7, 11) is 0. The van der Waals surface area contributed by atoms with Crippen molar-refractivity contribution in [2.75, 3.05) is 26.4 Å². The molecule has 2 aliphatic heterocycles. The molecule has 1 fully saturated rings. The summed E-state index contributed by atoms with van der Waals surface area (Å²) in [4.78, 5) is 2.57. The Bertz CT molecular complexity index is 462. The highest BCUT2D eigenvalue weighted by atomic mass is 16.7. The Hall–Kier alpha value is -1.26. The molecule has 0 aliphatic carbocycles. The van der Waals surface area contributed by atoms with Gasteiger partial charge in [-0.25, -0.2) is 0 Å². The number of fused-ring (bicyclic) bond motifs is 1. The van der Waals surface area contributed by atoms with Gasteiger partial charge in [0.05, 0.1) is 0 Å². The van der Waals surface area contributed by atoms with Gasteiger partial charge in [-0.05, 0) is 62.9 Å². The summed E-state index contributed by atoms with van der Waals surface area (Å²) in [5, 5.41) is 0. The number of rotatable bonds is 4. The highest BCUT2D eigenvalue weighted by Gasteiger charge is 2.25. The summed E-state index contributed by atoms with van der Waals surface area (Å²) < 4.78 is 10.9. The molecule has 20 heavy (non-hydrogen) atoms. The number of likely N-dealkylation sites (tertiary alicyclic amines) is 1. The van der Waals surface area contributed by atoms with Gasteiger partial charge in [0.15, 0.2) is 11.5 Å². The maximum Gasteiger partial charge on any atom is 0.231 e. The third-order valence-electron chi connectivity index (χ3n) is 4.55. The smallest absolute Gasteiger partial charge is 0.231 e. The van der Waals surface area contributed by atoms with Crippen molar-refractivity contribution in [2.45, 2.75) is 32.2 Å². The fourth-order valence-corrected chi connectivity index (χ4v) is 3.30. The van der Waals surface area contributed by atoms with Gasteiger partial charge in [-0.2, -0.15) is 0 Å². The summed E-state index contributed by atoms with van der Waals surface area (Å²) >= 11 is 0. The Morgan fingerprint density at radius 2 is 2.20 bits per heavy atom. The Kier molecular flexibility index (Phi) is 4.13. The lowest BCUT2D eigenvalue weighted by molar-refractivity contribution is 0.128. The lowest BCUT2D eigenvalue weighted by Gasteiger charge is -2.37. The van der Waals surface area contributed by atoms with E-state index in [4.69, 9.17) is 15.2 Å². The van der Waals surface area contributed by atoms with Crippen LogP contribution in [0, 0.1) is 5.92 Å². The van der Waals surface area contributed by atoms with Crippen molar-refractivity contribution >= 4 is 0 Å². The molecular weight excluding hydrogens is 252 g/mol. The number of ether oxygens (including phenoxy) is 2. The monoisotopic (exact) mass is 276 g/mol. The minimum atomic E-state index is 0.343. The zero-order valence-electron chi connectivity index (χ0n) is 12.2. The molecule has 2 aliphatic rings. The molecule has 1 aromatic carbocycles. The van der Waals surface area contributed by atoms with E-state index in [2.05, 4.69) is 24.0 Å². The van der Waals surface area contributed by atoms with E-state index in [9.17, 15) is 0 Å². The second-order valence-corrected chi connectivity index (χ2v) is 5.87. The molecule has 1 saturated heterocycles. The molecule has 2 unspecified atom stereocenters. The van der Waals surface area contributed by atoms with E-state index in [0.717, 1.165) is 36.9 Å². The van der Waals surface area contributed by atoms with Gasteiger partial charge in [0.25, 0.3) is 0 Å². The fraction of sp³-hybridized carbons (Fsp3) is 0.625. The number of benzene rings is 1. The second kappa shape index (κ2) is 6.02. The third kappa shape index (κ3) is 2.76. The molecule has 0 amide bonds. The van der Waals surface area contributed by atoms with Crippen LogP contribution in [0.2, 0.25) is 0 Å². The van der Waals surface area contributed by atoms with Crippen LogP contribution < -0.4 is 15.2 Å². The zero-order chi connectivity index (χ0) is 13.9. The van der Waals surface area contributed by atoms with Gasteiger partial charge in [-0.1, -0.05) is 6.07 Å². The van der Waals surface area contributed by atoms with E-state index in [1.807, 2.05) is 6.07 Å². The van der Waals surface area contributed by atoms with Crippen molar-refractivity contribution in [3.8, 4) is 11.5 Å². The van der Waals surface area contributed by atoms with Crippen LogP contribution >= 0.6 is 0 Å². The summed E-state index contributed by atoms with van der Waals surface area (Å²) in [5.41, 5.74) is 7.01. The number of hydrogen-bond acceptors (Lipinski definition) is 4. The maximum absolute atomic E-state index is 5.70. The largest absolute Gasteiger partial charge is 0.454 e. The van der Waals surface area contributed by atoms with Crippen LogP contribution in [-0.4, -0.2) is 31.3 Å². The first-order valence-electron chi connectivity index (χ1n) is 7.61. The summed E-state index contributed by atoms with van der Waals surface area (Å²) in [6, 6.07) is 6.73. The lowest BCUT2D eigenvalue weighted by Crippen LogP contribution is -2.37. The van der Waals surface area contributed by atoms with Crippen molar-refractivity contribution < 1.29 is 9.47 Å². The molecule has 1 aromatic rings. The lowest BCUT2D eigenvalue weighted by atomic mass is 9.93. The van der Waals surface area contributed by atoms with Gasteiger partial charge in [0, 0.05) is 12.6 Å². The Morgan fingerprint density at radius 1 is 1.35 bits per heavy atom. The first-order valence-corrected chi connectivity index (χ1v) is 7.61. The average Bonchev–Trinajstić information content (AvgIpc) is 2.94. The predicted octanol–water partition coefficient (Wildman–Crippen LogP) is 2.54. The summed E-state index contributed by atoms with van der Waals surface area (Å²) in [6.07, 6.45) is 3.74. The summed E-state index contributed by atoms with van der Waals surface area (Å²) in [6.45, 7) is 5.76. The van der Waals surface area contributed by atoms with Crippen LogP contribution in [0.4, 0.5) is 0 Å². The standard InChI is InChI=1S/C16H24N2O2/c1-12(18-8-2-3-13(10-18)6-7-17)14-4-5-15-16(9-14)20-11-19-15/h4-5,9,12-13H,2-3,6-8,10-11,17H2,1H3. The molecule has 2 N–H and O–H groups in total. The van der Waals surface area contributed by atoms with Gasteiger partial charge in [0.2, 0.25) is 6.79 Å². The number of nitrogens with two attached hydrogens (primary N) is 1. The molecule has 0 radical (unpaired) electrons. The van der Waals surface area contributed by atoms with E-state index < -0.39 is 0 Å². The molecular formula is C16H24N2O2. The van der Waals surface area contributed by atoms with Crippen molar-refractivity contribution in [2.24, 2.45) is 11.7 Å². The van der Waals surface area contributed by atoms with Crippen molar-refractivity contribution in [1.29, 1.82) is 0 Å². The van der Waals surface area contributed by atoms with Gasteiger partial charge in [0.1, 0.15) is 0 Å². The highest BCUT2D eigenvalue weighted by molar-refractivity contribution is 5.45. The molecule has 0 bridgehead atoms. The van der Waals surface area contributed by atoms with Gasteiger partial charge < -0.3 is 15.2 Å². The number of piperidine rings is 1. The molecule has 110 valence electrons. The molecule has 2 atom stereocenters. The van der Waals surface area contributed by atoms with Gasteiger partial charge >= 0.3 is 0 Å². The van der Waals surface area contributed by atoms with Crippen LogP contribution in [-0.2, 0) is 0 Å². The third-order valence-corrected chi connectivity index (χ3v) is 4.55. The Labute approximate surface area is 120 Å². The van der Waals surface area contributed by atoms with Crippen molar-refractivity contribution in [1.82, 2.24) is 4.90 Å². The molecule has 2 heterocycles. The van der Waals surface area contributed by atoms with Gasteiger partial charge in [-0.3, -0.25) is 4.90 Å². The van der Waals surface area contributed by atoms with Crippen LogP contribution in [0.25, 0.3) is 0 Å². The van der Waals surface area contributed by atoms with Crippen molar-refractivity contribution in [3.63, 3.8) is 0 Å². The number of nitrogens with zero attached hydrogens (tertiary/aromatic N) is 1. The molecule has 3 rings (SSSR count). The maximum atomic E-state index is 5.70. The quantitative estimate of drug-likeness (QED) is 0.918. The topological polar surface area (TPSA) is 47.7 Å².